The van der Waals surface area contributed by atoms with Crippen molar-refractivity contribution in [3.8, 4) is 5.75 Å². The third-order valence-electron chi connectivity index (χ3n) is 5.06. The Hall–Kier alpha value is -2.56. The fourth-order valence-corrected chi connectivity index (χ4v) is 3.60. The quantitative estimate of drug-likeness (QED) is 0.935. The zero-order chi connectivity index (χ0) is 17.4. The SMILES string of the molecule is Cc1ccccc1OC1CCN(c2nc3c(cc2C)C(=O)NC3)CC1. The van der Waals surface area contributed by atoms with Gasteiger partial charge in [-0.1, -0.05) is 18.2 Å². The Bertz CT molecular complexity index is 811. The maximum atomic E-state index is 11.8. The smallest absolute Gasteiger partial charge is 0.253 e. The number of para-hydroxylation sites is 1. The van der Waals surface area contributed by atoms with E-state index in [0.717, 1.165) is 54.3 Å². The molecule has 0 aliphatic carbocycles. The van der Waals surface area contributed by atoms with Gasteiger partial charge >= 0.3 is 0 Å². The van der Waals surface area contributed by atoms with E-state index in [4.69, 9.17) is 9.72 Å². The topological polar surface area (TPSA) is 54.5 Å². The second-order valence-corrected chi connectivity index (χ2v) is 6.88. The molecular weight excluding hydrogens is 314 g/mol. The molecule has 5 heteroatoms. The van der Waals surface area contributed by atoms with Crippen LogP contribution in [0.25, 0.3) is 0 Å². The Morgan fingerprint density at radius 1 is 1.16 bits per heavy atom. The van der Waals surface area contributed by atoms with Crippen LogP contribution in [0.5, 0.6) is 5.75 Å². The molecule has 0 unspecified atom stereocenters. The Morgan fingerprint density at radius 2 is 1.92 bits per heavy atom. The molecule has 0 atom stereocenters. The minimum absolute atomic E-state index is 0.0116. The van der Waals surface area contributed by atoms with E-state index < -0.39 is 0 Å². The third kappa shape index (κ3) is 3.06. The highest BCUT2D eigenvalue weighted by Gasteiger charge is 2.26. The summed E-state index contributed by atoms with van der Waals surface area (Å²) in [6.45, 7) is 6.49. The highest BCUT2D eigenvalue weighted by molar-refractivity contribution is 5.98. The van der Waals surface area contributed by atoms with Crippen LogP contribution >= 0.6 is 0 Å². The summed E-state index contributed by atoms with van der Waals surface area (Å²) in [5, 5.41) is 2.84. The van der Waals surface area contributed by atoms with Gasteiger partial charge in [-0.05, 0) is 37.1 Å². The van der Waals surface area contributed by atoms with Gasteiger partial charge in [-0.15, -0.1) is 0 Å². The molecule has 130 valence electrons. The molecule has 4 rings (SSSR count). The highest BCUT2D eigenvalue weighted by Crippen LogP contribution is 2.28. The number of fused-ring (bicyclic) bond motifs is 1. The minimum Gasteiger partial charge on any atom is -0.490 e. The first-order valence-corrected chi connectivity index (χ1v) is 8.88. The molecule has 5 nitrogen and oxygen atoms in total. The molecule has 2 aliphatic heterocycles. The summed E-state index contributed by atoms with van der Waals surface area (Å²) in [5.41, 5.74) is 3.83. The number of hydrogen-bond acceptors (Lipinski definition) is 4. The van der Waals surface area contributed by atoms with E-state index >= 15 is 0 Å². The molecule has 0 bridgehead atoms. The number of pyridine rings is 1. The molecule has 1 amide bonds. The summed E-state index contributed by atoms with van der Waals surface area (Å²) in [4.78, 5) is 18.8. The van der Waals surface area contributed by atoms with Gasteiger partial charge in [0.2, 0.25) is 0 Å². The van der Waals surface area contributed by atoms with Gasteiger partial charge in [-0.3, -0.25) is 4.79 Å². The number of hydrogen-bond donors (Lipinski definition) is 1. The lowest BCUT2D eigenvalue weighted by Gasteiger charge is -2.34. The van der Waals surface area contributed by atoms with Gasteiger partial charge in [0.1, 0.15) is 17.7 Å². The molecule has 0 spiro atoms. The standard InChI is InChI=1S/C20H23N3O2/c1-13-5-3-4-6-18(13)25-15-7-9-23(10-8-15)19-14(2)11-16-17(22-19)12-21-20(16)24/h3-6,11,15H,7-10,12H2,1-2H3,(H,21,24). The second kappa shape index (κ2) is 6.39. The molecular formula is C20H23N3O2. The zero-order valence-electron chi connectivity index (χ0n) is 14.7. The van der Waals surface area contributed by atoms with Gasteiger partial charge in [-0.2, -0.15) is 0 Å². The molecule has 2 aromatic rings. The zero-order valence-corrected chi connectivity index (χ0v) is 14.7. The minimum atomic E-state index is -0.0116. The largest absolute Gasteiger partial charge is 0.490 e. The molecule has 1 aromatic heterocycles. The van der Waals surface area contributed by atoms with E-state index in [1.54, 1.807) is 0 Å². The van der Waals surface area contributed by atoms with Crippen molar-refractivity contribution in [2.45, 2.75) is 39.3 Å². The predicted molar refractivity (Wildman–Crippen MR) is 97.2 cm³/mol. The van der Waals surface area contributed by atoms with E-state index in [1.807, 2.05) is 31.2 Å². The molecule has 0 saturated carbocycles. The number of rotatable bonds is 3. The van der Waals surface area contributed by atoms with Crippen molar-refractivity contribution in [1.29, 1.82) is 0 Å². The number of amides is 1. The van der Waals surface area contributed by atoms with Gasteiger partial charge in [0.05, 0.1) is 17.8 Å². The number of anilines is 1. The van der Waals surface area contributed by atoms with Crippen molar-refractivity contribution >= 4 is 11.7 Å². The number of nitrogens with one attached hydrogen (secondary N) is 1. The Labute approximate surface area is 148 Å². The Morgan fingerprint density at radius 3 is 2.68 bits per heavy atom. The first-order chi connectivity index (χ1) is 12.1. The molecule has 1 fully saturated rings. The normalized spacial score (nSPS) is 17.4. The Balaban J connectivity index is 1.44. The Kier molecular flexibility index (Phi) is 4.07. The van der Waals surface area contributed by atoms with Crippen LogP contribution in [0.4, 0.5) is 5.82 Å². The van der Waals surface area contributed by atoms with Crippen LogP contribution in [-0.2, 0) is 6.54 Å². The van der Waals surface area contributed by atoms with Gasteiger partial charge in [-0.25, -0.2) is 4.98 Å². The summed E-state index contributed by atoms with van der Waals surface area (Å²) in [5.74, 6) is 1.98. The lowest BCUT2D eigenvalue weighted by atomic mass is 10.1. The average Bonchev–Trinajstić information content (AvgIpc) is 2.97. The number of aromatic nitrogens is 1. The van der Waals surface area contributed by atoms with E-state index in [9.17, 15) is 4.79 Å². The van der Waals surface area contributed by atoms with E-state index in [-0.39, 0.29) is 12.0 Å². The third-order valence-corrected chi connectivity index (χ3v) is 5.06. The number of carbonyl (C=O) groups is 1. The van der Waals surface area contributed by atoms with Crippen molar-refractivity contribution in [2.75, 3.05) is 18.0 Å². The van der Waals surface area contributed by atoms with Crippen LogP contribution in [-0.4, -0.2) is 30.1 Å². The van der Waals surface area contributed by atoms with Gasteiger partial charge in [0.25, 0.3) is 5.91 Å². The first-order valence-electron chi connectivity index (χ1n) is 8.88. The van der Waals surface area contributed by atoms with E-state index in [0.29, 0.717) is 6.54 Å². The van der Waals surface area contributed by atoms with E-state index in [2.05, 4.69) is 23.2 Å². The monoisotopic (exact) mass is 337 g/mol. The van der Waals surface area contributed by atoms with E-state index in [1.165, 1.54) is 5.56 Å². The molecule has 3 heterocycles. The fourth-order valence-electron chi connectivity index (χ4n) is 3.60. The fraction of sp³-hybridized carbons (Fsp3) is 0.400. The van der Waals surface area contributed by atoms with Crippen LogP contribution in [0.1, 0.15) is 40.0 Å². The summed E-state index contributed by atoms with van der Waals surface area (Å²) < 4.78 is 6.19. The molecule has 1 N–H and O–H groups in total. The van der Waals surface area contributed by atoms with Gasteiger partial charge in [0, 0.05) is 25.9 Å². The van der Waals surface area contributed by atoms with Gasteiger partial charge < -0.3 is 15.0 Å². The van der Waals surface area contributed by atoms with Crippen LogP contribution in [0.15, 0.2) is 30.3 Å². The predicted octanol–water partition coefficient (Wildman–Crippen LogP) is 2.99. The molecule has 0 radical (unpaired) electrons. The van der Waals surface area contributed by atoms with Crippen LogP contribution in [0.3, 0.4) is 0 Å². The number of benzene rings is 1. The van der Waals surface area contributed by atoms with Gasteiger partial charge in [0.15, 0.2) is 0 Å². The summed E-state index contributed by atoms with van der Waals surface area (Å²) >= 11 is 0. The first kappa shape index (κ1) is 15.9. The maximum absolute atomic E-state index is 11.8. The summed E-state index contributed by atoms with van der Waals surface area (Å²) in [7, 11) is 0. The molecule has 1 saturated heterocycles. The van der Waals surface area contributed by atoms with Crippen LogP contribution in [0.2, 0.25) is 0 Å². The number of piperidine rings is 1. The molecule has 2 aliphatic rings. The lowest BCUT2D eigenvalue weighted by molar-refractivity contribution is 0.0965. The summed E-state index contributed by atoms with van der Waals surface area (Å²) in [6.07, 6.45) is 2.20. The van der Waals surface area contributed by atoms with Crippen molar-refractivity contribution in [1.82, 2.24) is 10.3 Å². The van der Waals surface area contributed by atoms with Crippen molar-refractivity contribution in [3.63, 3.8) is 0 Å². The van der Waals surface area contributed by atoms with Crippen LogP contribution < -0.4 is 15.0 Å². The molecule has 25 heavy (non-hydrogen) atoms. The van der Waals surface area contributed by atoms with Crippen molar-refractivity contribution in [2.24, 2.45) is 0 Å². The number of carbonyl (C=O) groups excluding carboxylic acids is 1. The highest BCUT2D eigenvalue weighted by atomic mass is 16.5. The average molecular weight is 337 g/mol. The van der Waals surface area contributed by atoms with Crippen molar-refractivity contribution < 1.29 is 9.53 Å². The lowest BCUT2D eigenvalue weighted by Crippen LogP contribution is -2.39. The number of nitrogens with zero attached hydrogens (tertiary/aromatic N) is 2. The number of ether oxygens (including phenoxy) is 1. The maximum Gasteiger partial charge on any atom is 0.253 e. The second-order valence-electron chi connectivity index (χ2n) is 6.88. The summed E-state index contributed by atoms with van der Waals surface area (Å²) in [6, 6.07) is 10.1. The van der Waals surface area contributed by atoms with Crippen LogP contribution in [0, 0.1) is 13.8 Å². The number of aryl methyl sites for hydroxylation is 2. The molecule has 1 aromatic carbocycles. The van der Waals surface area contributed by atoms with Crippen molar-refractivity contribution in [3.05, 3.63) is 52.7 Å².